The van der Waals surface area contributed by atoms with Crippen LogP contribution in [-0.2, 0) is 17.8 Å². The van der Waals surface area contributed by atoms with Gasteiger partial charge in [-0.05, 0) is 56.9 Å². The highest BCUT2D eigenvalue weighted by Crippen LogP contribution is 2.29. The van der Waals surface area contributed by atoms with Gasteiger partial charge in [-0.3, -0.25) is 14.5 Å². The minimum absolute atomic E-state index is 0.0620. The Bertz CT molecular complexity index is 1240. The van der Waals surface area contributed by atoms with E-state index < -0.39 is 0 Å². The van der Waals surface area contributed by atoms with Crippen molar-refractivity contribution >= 4 is 17.5 Å². The van der Waals surface area contributed by atoms with Crippen LogP contribution in [0.2, 0.25) is 0 Å². The third-order valence-electron chi connectivity index (χ3n) is 7.14. The molecular formula is C31H40N4O4. The van der Waals surface area contributed by atoms with E-state index in [1.165, 1.54) is 0 Å². The first-order valence-electron chi connectivity index (χ1n) is 13.9. The average Bonchev–Trinajstić information content (AvgIpc) is 3.38. The SMILES string of the molecule is CCCc1cc(C(=O)N2CCN(C(C)C)CCCN(C(=O)COc3ccccc3)c3c(C)cccc3C2)no1. The Morgan fingerprint density at radius 1 is 1.03 bits per heavy atom. The fourth-order valence-electron chi connectivity index (χ4n) is 5.04. The lowest BCUT2D eigenvalue weighted by Gasteiger charge is -2.29. The highest BCUT2D eigenvalue weighted by Gasteiger charge is 2.27. The Labute approximate surface area is 231 Å². The molecule has 1 aliphatic rings. The van der Waals surface area contributed by atoms with Crippen LogP contribution in [0, 0.1) is 6.92 Å². The van der Waals surface area contributed by atoms with E-state index in [9.17, 15) is 9.59 Å². The Kier molecular flexibility index (Phi) is 9.76. The maximum Gasteiger partial charge on any atom is 0.276 e. The molecule has 208 valence electrons. The lowest BCUT2D eigenvalue weighted by Crippen LogP contribution is -2.41. The van der Waals surface area contributed by atoms with Crippen molar-refractivity contribution < 1.29 is 18.8 Å². The average molecular weight is 533 g/mol. The van der Waals surface area contributed by atoms with Crippen molar-refractivity contribution in [1.29, 1.82) is 0 Å². The summed E-state index contributed by atoms with van der Waals surface area (Å²) in [5.41, 5.74) is 3.08. The third-order valence-corrected chi connectivity index (χ3v) is 7.14. The number of carbonyl (C=O) groups is 2. The van der Waals surface area contributed by atoms with E-state index >= 15 is 0 Å². The van der Waals surface area contributed by atoms with Crippen LogP contribution in [0.4, 0.5) is 5.69 Å². The molecule has 39 heavy (non-hydrogen) atoms. The largest absolute Gasteiger partial charge is 0.484 e. The lowest BCUT2D eigenvalue weighted by molar-refractivity contribution is -0.120. The number of para-hydroxylation sites is 2. The maximum absolute atomic E-state index is 13.7. The summed E-state index contributed by atoms with van der Waals surface area (Å²) in [6.07, 6.45) is 2.46. The second-order valence-corrected chi connectivity index (χ2v) is 10.4. The number of aromatic nitrogens is 1. The number of hydrogen-bond donors (Lipinski definition) is 0. The quantitative estimate of drug-likeness (QED) is 0.421. The smallest absolute Gasteiger partial charge is 0.276 e. The molecule has 0 saturated heterocycles. The van der Waals surface area contributed by atoms with Crippen LogP contribution < -0.4 is 9.64 Å². The summed E-state index contributed by atoms with van der Waals surface area (Å²) in [7, 11) is 0. The summed E-state index contributed by atoms with van der Waals surface area (Å²) in [4.78, 5) is 33.4. The lowest BCUT2D eigenvalue weighted by atomic mass is 10.0. The van der Waals surface area contributed by atoms with Gasteiger partial charge in [0.1, 0.15) is 11.5 Å². The number of carbonyl (C=O) groups excluding carboxylic acids is 2. The molecule has 0 bridgehead atoms. The summed E-state index contributed by atoms with van der Waals surface area (Å²) in [5.74, 6) is 1.10. The Hall–Kier alpha value is -3.65. The van der Waals surface area contributed by atoms with Crippen LogP contribution in [-0.4, -0.2) is 65.6 Å². The summed E-state index contributed by atoms with van der Waals surface area (Å²) in [6.45, 7) is 11.4. The number of anilines is 1. The highest BCUT2D eigenvalue weighted by atomic mass is 16.5. The van der Waals surface area contributed by atoms with E-state index in [1.54, 1.807) is 6.07 Å². The molecule has 4 rings (SSSR count). The molecule has 0 atom stereocenters. The van der Waals surface area contributed by atoms with Gasteiger partial charge in [0, 0.05) is 51.3 Å². The fraction of sp³-hybridized carbons (Fsp3) is 0.452. The molecule has 1 aliphatic heterocycles. The number of amides is 2. The van der Waals surface area contributed by atoms with Gasteiger partial charge in [-0.15, -0.1) is 0 Å². The van der Waals surface area contributed by atoms with Gasteiger partial charge in [0.15, 0.2) is 12.3 Å². The van der Waals surface area contributed by atoms with Crippen molar-refractivity contribution in [2.45, 2.75) is 59.5 Å². The first-order valence-corrected chi connectivity index (χ1v) is 13.9. The van der Waals surface area contributed by atoms with Gasteiger partial charge in [-0.25, -0.2) is 0 Å². The van der Waals surface area contributed by atoms with Crippen molar-refractivity contribution in [3.05, 3.63) is 77.2 Å². The van der Waals surface area contributed by atoms with E-state index in [0.717, 1.165) is 49.2 Å². The molecule has 2 heterocycles. The number of hydrogen-bond acceptors (Lipinski definition) is 6. The zero-order valence-electron chi connectivity index (χ0n) is 23.6. The van der Waals surface area contributed by atoms with Crippen LogP contribution in [0.5, 0.6) is 5.75 Å². The predicted octanol–water partition coefficient (Wildman–Crippen LogP) is 5.10. The van der Waals surface area contributed by atoms with E-state index in [1.807, 2.05) is 65.3 Å². The number of nitrogens with zero attached hydrogens (tertiary/aromatic N) is 4. The molecule has 8 nitrogen and oxygen atoms in total. The van der Waals surface area contributed by atoms with Crippen molar-refractivity contribution in [1.82, 2.24) is 15.0 Å². The minimum atomic E-state index is -0.165. The highest BCUT2D eigenvalue weighted by molar-refractivity contribution is 5.96. The van der Waals surface area contributed by atoms with Gasteiger partial charge in [0.25, 0.3) is 11.8 Å². The Balaban J connectivity index is 1.66. The zero-order valence-corrected chi connectivity index (χ0v) is 23.6. The van der Waals surface area contributed by atoms with Gasteiger partial charge in [0.2, 0.25) is 0 Å². The van der Waals surface area contributed by atoms with Gasteiger partial charge >= 0.3 is 0 Å². The van der Waals surface area contributed by atoms with Crippen LogP contribution in [0.25, 0.3) is 0 Å². The second-order valence-electron chi connectivity index (χ2n) is 10.4. The molecule has 3 aromatic rings. The topological polar surface area (TPSA) is 79.1 Å². The number of aryl methyl sites for hydroxylation is 2. The summed E-state index contributed by atoms with van der Waals surface area (Å²) in [5, 5.41) is 4.09. The second kappa shape index (κ2) is 13.4. The first kappa shape index (κ1) is 28.4. The summed E-state index contributed by atoms with van der Waals surface area (Å²) in [6, 6.07) is 17.4. The van der Waals surface area contributed by atoms with E-state index in [0.29, 0.717) is 42.9 Å². The molecule has 0 unspecified atom stereocenters. The van der Waals surface area contributed by atoms with Crippen molar-refractivity contribution in [2.24, 2.45) is 0 Å². The summed E-state index contributed by atoms with van der Waals surface area (Å²) < 4.78 is 11.3. The maximum atomic E-state index is 13.7. The summed E-state index contributed by atoms with van der Waals surface area (Å²) >= 11 is 0. The molecule has 0 spiro atoms. The number of rotatable bonds is 7. The molecule has 2 aromatic carbocycles. The van der Waals surface area contributed by atoms with Gasteiger partial charge in [-0.2, -0.15) is 0 Å². The van der Waals surface area contributed by atoms with E-state index in [-0.39, 0.29) is 18.4 Å². The zero-order chi connectivity index (χ0) is 27.8. The molecule has 1 aromatic heterocycles. The normalized spacial score (nSPS) is 15.1. The van der Waals surface area contributed by atoms with Crippen LogP contribution in [0.15, 0.2) is 59.1 Å². The van der Waals surface area contributed by atoms with Crippen molar-refractivity contribution in [3.63, 3.8) is 0 Å². The van der Waals surface area contributed by atoms with Gasteiger partial charge in [0.05, 0.1) is 5.69 Å². The Morgan fingerprint density at radius 3 is 2.56 bits per heavy atom. The molecule has 0 N–H and O–H groups in total. The van der Waals surface area contributed by atoms with Crippen LogP contribution >= 0.6 is 0 Å². The van der Waals surface area contributed by atoms with Crippen LogP contribution in [0.1, 0.15) is 61.0 Å². The molecule has 0 radical (unpaired) electrons. The van der Waals surface area contributed by atoms with Crippen molar-refractivity contribution in [2.75, 3.05) is 37.7 Å². The molecule has 8 heteroatoms. The molecule has 2 amide bonds. The molecular weight excluding hydrogens is 492 g/mol. The van der Waals surface area contributed by atoms with Gasteiger partial charge in [-0.1, -0.05) is 48.5 Å². The molecule has 0 aliphatic carbocycles. The van der Waals surface area contributed by atoms with Gasteiger partial charge < -0.3 is 19.1 Å². The first-order chi connectivity index (χ1) is 18.9. The molecule has 0 saturated carbocycles. The third kappa shape index (κ3) is 7.26. The van der Waals surface area contributed by atoms with Crippen molar-refractivity contribution in [3.8, 4) is 5.75 Å². The predicted molar refractivity (Wildman–Crippen MR) is 152 cm³/mol. The fourth-order valence-corrected chi connectivity index (χ4v) is 5.04. The number of fused-ring (bicyclic) bond motifs is 1. The number of ether oxygens (including phenoxy) is 1. The van der Waals surface area contributed by atoms with E-state index in [4.69, 9.17) is 9.26 Å². The van der Waals surface area contributed by atoms with E-state index in [2.05, 4.69) is 30.8 Å². The Morgan fingerprint density at radius 2 is 1.82 bits per heavy atom. The monoisotopic (exact) mass is 532 g/mol. The molecule has 0 fully saturated rings. The van der Waals surface area contributed by atoms with Crippen LogP contribution in [0.3, 0.4) is 0 Å². The standard InChI is InChI=1S/C31H40N4O4/c1-5-11-27-20-28(32-39-27)31(37)34-19-18-33(23(2)3)16-10-17-35(30-24(4)12-9-13-25(30)21-34)29(36)22-38-26-14-7-6-8-15-26/h6-9,12-15,20,23H,5,10-11,16-19,21-22H2,1-4H3. The minimum Gasteiger partial charge on any atom is -0.484 e. The number of benzene rings is 2.